The highest BCUT2D eigenvalue weighted by molar-refractivity contribution is 7.91. The summed E-state index contributed by atoms with van der Waals surface area (Å²) in [6.07, 6.45) is -2.23. The number of hydrogen-bond acceptors (Lipinski definition) is 5. The van der Waals surface area contributed by atoms with E-state index in [4.69, 9.17) is 4.74 Å². The van der Waals surface area contributed by atoms with Crippen molar-refractivity contribution in [1.29, 1.82) is 0 Å². The van der Waals surface area contributed by atoms with Gasteiger partial charge in [-0.25, -0.2) is 13.4 Å². The topological polar surface area (TPSA) is 92.4 Å². The Labute approximate surface area is 194 Å². The molecule has 4 rings (SSSR count). The Hall–Kier alpha value is -3.34. The first-order valence-corrected chi connectivity index (χ1v) is 12.3. The van der Waals surface area contributed by atoms with Gasteiger partial charge >= 0.3 is 6.18 Å². The zero-order chi connectivity index (χ0) is 24.5. The average molecular weight is 494 g/mol. The molecule has 0 aliphatic carbocycles. The molecule has 0 atom stereocenters. The molecule has 3 aromatic rings. The van der Waals surface area contributed by atoms with E-state index >= 15 is 0 Å². The maximum atomic E-state index is 12.9. The highest BCUT2D eigenvalue weighted by Crippen LogP contribution is 2.34. The van der Waals surface area contributed by atoms with Crippen LogP contribution in [0.3, 0.4) is 0 Å². The van der Waals surface area contributed by atoms with E-state index in [1.54, 1.807) is 24.0 Å². The number of rotatable bonds is 6. The van der Waals surface area contributed by atoms with Gasteiger partial charge in [0.25, 0.3) is 5.91 Å². The van der Waals surface area contributed by atoms with Crippen LogP contribution in [0.5, 0.6) is 11.5 Å². The van der Waals surface area contributed by atoms with E-state index in [0.717, 1.165) is 23.3 Å². The second-order valence-corrected chi connectivity index (χ2v) is 9.93. The molecule has 0 saturated carbocycles. The fraction of sp³-hybridized carbons (Fsp3) is 0.304. The Balaban J connectivity index is 1.49. The lowest BCUT2D eigenvalue weighted by molar-refractivity contribution is -0.137. The summed E-state index contributed by atoms with van der Waals surface area (Å²) in [5.74, 6) is 0.329. The molecular weight excluding hydrogens is 471 g/mol. The van der Waals surface area contributed by atoms with Crippen LogP contribution in [0.1, 0.15) is 40.5 Å². The SMILES string of the molecule is CCCS(=O)(=O)c1nc(C(=O)N2CCc3c(cccc3Oc3ccc(C(F)(F)F)cc3)C2)c[nH]1. The lowest BCUT2D eigenvalue weighted by Gasteiger charge is -2.29. The van der Waals surface area contributed by atoms with Gasteiger partial charge in [-0.05, 0) is 48.7 Å². The number of alkyl halides is 3. The fourth-order valence-electron chi connectivity index (χ4n) is 3.78. The van der Waals surface area contributed by atoms with Crippen molar-refractivity contribution >= 4 is 15.7 Å². The summed E-state index contributed by atoms with van der Waals surface area (Å²) in [4.78, 5) is 21.1. The first kappa shape index (κ1) is 23.8. The highest BCUT2D eigenvalue weighted by atomic mass is 32.2. The zero-order valence-electron chi connectivity index (χ0n) is 18.2. The fourth-order valence-corrected chi connectivity index (χ4v) is 4.99. The Morgan fingerprint density at radius 1 is 1.18 bits per heavy atom. The summed E-state index contributed by atoms with van der Waals surface area (Å²) in [6, 6.07) is 9.78. The normalized spacial score (nSPS) is 14.1. The number of imidazole rings is 1. The molecule has 1 aliphatic heterocycles. The molecule has 0 spiro atoms. The van der Waals surface area contributed by atoms with Crippen molar-refractivity contribution in [3.05, 3.63) is 71.0 Å². The number of hydrogen-bond donors (Lipinski definition) is 1. The third-order valence-electron chi connectivity index (χ3n) is 5.46. The van der Waals surface area contributed by atoms with Crippen molar-refractivity contribution in [3.63, 3.8) is 0 Å². The second kappa shape index (κ2) is 9.13. The predicted octanol–water partition coefficient (Wildman–Crippen LogP) is 4.60. The van der Waals surface area contributed by atoms with E-state index in [2.05, 4.69) is 9.97 Å². The first-order chi connectivity index (χ1) is 16.1. The molecule has 7 nitrogen and oxygen atoms in total. The van der Waals surface area contributed by atoms with Crippen LogP contribution >= 0.6 is 0 Å². The van der Waals surface area contributed by atoms with Gasteiger partial charge in [-0.1, -0.05) is 19.1 Å². The highest BCUT2D eigenvalue weighted by Gasteiger charge is 2.30. The second-order valence-electron chi connectivity index (χ2n) is 7.90. The Morgan fingerprint density at radius 3 is 2.59 bits per heavy atom. The standard InChI is InChI=1S/C23H22F3N3O4S/c1-2-12-34(31,32)22-27-13-19(28-22)21(30)29-11-10-18-15(14-29)4-3-5-20(18)33-17-8-6-16(7-9-17)23(24,25)26/h3-9,13H,2,10-12,14H2,1H3,(H,27,28). The number of ether oxygens (including phenoxy) is 1. The molecule has 180 valence electrons. The van der Waals surface area contributed by atoms with Crippen molar-refractivity contribution in [2.75, 3.05) is 12.3 Å². The Morgan fingerprint density at radius 2 is 1.91 bits per heavy atom. The Kier molecular flexibility index (Phi) is 6.39. The number of sulfone groups is 1. The van der Waals surface area contributed by atoms with E-state index in [1.165, 1.54) is 18.3 Å². The van der Waals surface area contributed by atoms with Gasteiger partial charge in [0, 0.05) is 24.8 Å². The van der Waals surface area contributed by atoms with Crippen molar-refractivity contribution in [3.8, 4) is 11.5 Å². The van der Waals surface area contributed by atoms with Gasteiger partial charge in [-0.15, -0.1) is 0 Å². The minimum absolute atomic E-state index is 0.0234. The van der Waals surface area contributed by atoms with Gasteiger partial charge in [0.1, 0.15) is 17.2 Å². The van der Waals surface area contributed by atoms with Crippen molar-refractivity contribution in [1.82, 2.24) is 14.9 Å². The van der Waals surface area contributed by atoms with Crippen LogP contribution in [0.25, 0.3) is 0 Å². The maximum absolute atomic E-state index is 12.9. The van der Waals surface area contributed by atoms with Crippen molar-refractivity contribution in [2.24, 2.45) is 0 Å². The van der Waals surface area contributed by atoms with Gasteiger partial charge in [-0.2, -0.15) is 13.2 Å². The number of carbonyl (C=O) groups excluding carboxylic acids is 1. The molecular formula is C23H22F3N3O4S. The van der Waals surface area contributed by atoms with Crippen molar-refractivity contribution in [2.45, 2.75) is 37.6 Å². The molecule has 0 radical (unpaired) electrons. The summed E-state index contributed by atoms with van der Waals surface area (Å²) >= 11 is 0. The van der Waals surface area contributed by atoms with Crippen LogP contribution in [0.15, 0.2) is 53.8 Å². The van der Waals surface area contributed by atoms with Gasteiger partial charge in [0.2, 0.25) is 15.0 Å². The zero-order valence-corrected chi connectivity index (χ0v) is 19.0. The predicted molar refractivity (Wildman–Crippen MR) is 117 cm³/mol. The molecule has 2 aromatic carbocycles. The number of amides is 1. The average Bonchev–Trinajstić information content (AvgIpc) is 3.30. The number of halogens is 3. The third-order valence-corrected chi connectivity index (χ3v) is 7.20. The van der Waals surface area contributed by atoms with Crippen LogP contribution in [0.4, 0.5) is 13.2 Å². The number of H-pyrrole nitrogens is 1. The maximum Gasteiger partial charge on any atom is 0.416 e. The lowest BCUT2D eigenvalue weighted by Crippen LogP contribution is -2.36. The molecule has 0 saturated heterocycles. The molecule has 1 amide bonds. The van der Waals surface area contributed by atoms with Gasteiger partial charge < -0.3 is 14.6 Å². The summed E-state index contributed by atoms with van der Waals surface area (Å²) in [5.41, 5.74) is 0.960. The smallest absolute Gasteiger partial charge is 0.416 e. The summed E-state index contributed by atoms with van der Waals surface area (Å²) in [6.45, 7) is 2.36. The number of fused-ring (bicyclic) bond motifs is 1. The molecule has 1 aliphatic rings. The van der Waals surface area contributed by atoms with E-state index < -0.39 is 27.5 Å². The molecule has 0 unspecified atom stereocenters. The quantitative estimate of drug-likeness (QED) is 0.542. The Bertz CT molecular complexity index is 1300. The lowest BCUT2D eigenvalue weighted by atomic mass is 9.98. The number of nitrogens with zero attached hydrogens (tertiary/aromatic N) is 2. The minimum atomic E-state index is -4.42. The van der Waals surface area contributed by atoms with E-state index in [9.17, 15) is 26.4 Å². The summed E-state index contributed by atoms with van der Waals surface area (Å²) < 4.78 is 68.5. The van der Waals surface area contributed by atoms with E-state index in [-0.39, 0.29) is 28.9 Å². The summed E-state index contributed by atoms with van der Waals surface area (Å²) in [7, 11) is -3.57. The number of benzene rings is 2. The molecule has 1 aromatic heterocycles. The van der Waals surface area contributed by atoms with E-state index in [0.29, 0.717) is 25.1 Å². The molecule has 34 heavy (non-hydrogen) atoms. The molecule has 0 bridgehead atoms. The minimum Gasteiger partial charge on any atom is -0.457 e. The largest absolute Gasteiger partial charge is 0.457 e. The molecule has 1 N–H and O–H groups in total. The monoisotopic (exact) mass is 493 g/mol. The van der Waals surface area contributed by atoms with Crippen LogP contribution in [-0.4, -0.2) is 41.5 Å². The number of nitrogens with one attached hydrogen (secondary N) is 1. The van der Waals surface area contributed by atoms with Crippen LogP contribution in [0, 0.1) is 0 Å². The van der Waals surface area contributed by atoms with Crippen LogP contribution in [-0.2, 0) is 29.0 Å². The van der Waals surface area contributed by atoms with Crippen LogP contribution in [0.2, 0.25) is 0 Å². The summed E-state index contributed by atoms with van der Waals surface area (Å²) in [5, 5.41) is -0.220. The molecule has 2 heterocycles. The van der Waals surface area contributed by atoms with Crippen LogP contribution < -0.4 is 4.74 Å². The molecule has 11 heteroatoms. The van der Waals surface area contributed by atoms with Gasteiger partial charge in [0.05, 0.1) is 11.3 Å². The van der Waals surface area contributed by atoms with Gasteiger partial charge in [-0.3, -0.25) is 4.79 Å². The number of carbonyl (C=O) groups is 1. The van der Waals surface area contributed by atoms with Gasteiger partial charge in [0.15, 0.2) is 0 Å². The van der Waals surface area contributed by atoms with E-state index in [1.807, 2.05) is 6.07 Å². The molecule has 0 fully saturated rings. The number of aromatic nitrogens is 2. The van der Waals surface area contributed by atoms with Crippen molar-refractivity contribution < 1.29 is 31.1 Å². The third kappa shape index (κ3) is 4.93. The number of aromatic amines is 1. The first-order valence-electron chi connectivity index (χ1n) is 10.6.